The number of anilines is 1. The quantitative estimate of drug-likeness (QED) is 0.615. The molecule has 0 amide bonds. The lowest BCUT2D eigenvalue weighted by Crippen LogP contribution is -2.36. The van der Waals surface area contributed by atoms with Gasteiger partial charge < -0.3 is 9.64 Å². The number of rotatable bonds is 5. The van der Waals surface area contributed by atoms with Gasteiger partial charge in [0.25, 0.3) is 0 Å². The van der Waals surface area contributed by atoms with E-state index in [9.17, 15) is 0 Å². The Balaban J connectivity index is 1.53. The van der Waals surface area contributed by atoms with Gasteiger partial charge in [-0.3, -0.25) is 4.90 Å². The topological polar surface area (TPSA) is 54.4 Å². The number of thiophene rings is 1. The molecule has 0 spiro atoms. The third kappa shape index (κ3) is 4.03. The van der Waals surface area contributed by atoms with Gasteiger partial charge in [-0.2, -0.15) is 0 Å². The van der Waals surface area contributed by atoms with Gasteiger partial charge in [-0.15, -0.1) is 22.7 Å². The highest BCUT2D eigenvalue weighted by atomic mass is 32.1. The predicted molar refractivity (Wildman–Crippen MR) is 119 cm³/mol. The Labute approximate surface area is 179 Å². The van der Waals surface area contributed by atoms with Crippen molar-refractivity contribution in [3.05, 3.63) is 32.3 Å². The lowest BCUT2D eigenvalue weighted by atomic mass is 9.97. The van der Waals surface area contributed by atoms with Crippen molar-refractivity contribution in [2.75, 3.05) is 38.3 Å². The van der Waals surface area contributed by atoms with Crippen molar-refractivity contribution >= 4 is 38.7 Å². The first-order valence-corrected chi connectivity index (χ1v) is 12.1. The Morgan fingerprint density at radius 1 is 1.14 bits per heavy atom. The molecule has 3 aromatic rings. The van der Waals surface area contributed by atoms with Crippen molar-refractivity contribution in [2.45, 2.75) is 45.7 Å². The van der Waals surface area contributed by atoms with Gasteiger partial charge in [-0.25, -0.2) is 15.0 Å². The highest BCUT2D eigenvalue weighted by Crippen LogP contribution is 2.40. The molecule has 1 saturated heterocycles. The molecular formula is C21H27N5OS2. The number of ether oxygens (including phenoxy) is 1. The fourth-order valence-electron chi connectivity index (χ4n) is 4.29. The van der Waals surface area contributed by atoms with Crippen LogP contribution >= 0.6 is 22.7 Å². The van der Waals surface area contributed by atoms with Crippen LogP contribution in [-0.2, 0) is 30.7 Å². The molecule has 29 heavy (non-hydrogen) atoms. The average molecular weight is 430 g/mol. The molecule has 0 bridgehead atoms. The molecule has 0 atom stereocenters. The maximum Gasteiger partial charge on any atom is 0.146 e. The van der Waals surface area contributed by atoms with Gasteiger partial charge in [0.15, 0.2) is 0 Å². The molecule has 8 heteroatoms. The smallest absolute Gasteiger partial charge is 0.146 e. The van der Waals surface area contributed by atoms with Crippen molar-refractivity contribution < 1.29 is 4.74 Å². The lowest BCUT2D eigenvalue weighted by molar-refractivity contribution is 0.0331. The number of aryl methyl sites for hydroxylation is 3. The summed E-state index contributed by atoms with van der Waals surface area (Å²) in [5.74, 6) is 2.00. The van der Waals surface area contributed by atoms with Crippen LogP contribution in [0.5, 0.6) is 0 Å². The van der Waals surface area contributed by atoms with Crippen molar-refractivity contribution in [3.63, 3.8) is 0 Å². The Kier molecular flexibility index (Phi) is 5.51. The summed E-state index contributed by atoms with van der Waals surface area (Å²) in [7, 11) is 2.14. The first-order chi connectivity index (χ1) is 14.2. The van der Waals surface area contributed by atoms with E-state index in [1.165, 1.54) is 35.1 Å². The summed E-state index contributed by atoms with van der Waals surface area (Å²) in [5.41, 5.74) is 2.60. The van der Waals surface area contributed by atoms with E-state index in [2.05, 4.69) is 34.1 Å². The SMILES string of the molecule is Cc1nc(CN(C)c2nc(CN3CCOCC3)nc3sc4c(c23)CCCC4)cs1. The monoisotopic (exact) mass is 429 g/mol. The number of fused-ring (bicyclic) bond motifs is 3. The van der Waals surface area contributed by atoms with Crippen LogP contribution in [-0.4, -0.2) is 53.2 Å². The highest BCUT2D eigenvalue weighted by Gasteiger charge is 2.24. The molecule has 154 valence electrons. The van der Waals surface area contributed by atoms with E-state index in [0.717, 1.165) is 73.0 Å². The van der Waals surface area contributed by atoms with Crippen molar-refractivity contribution in [1.82, 2.24) is 19.9 Å². The van der Waals surface area contributed by atoms with E-state index >= 15 is 0 Å². The molecule has 3 aromatic heterocycles. The number of aromatic nitrogens is 3. The van der Waals surface area contributed by atoms with E-state index < -0.39 is 0 Å². The summed E-state index contributed by atoms with van der Waals surface area (Å²) in [4.78, 5) is 22.1. The summed E-state index contributed by atoms with van der Waals surface area (Å²) in [6.07, 6.45) is 4.89. The number of hydrogen-bond acceptors (Lipinski definition) is 8. The first-order valence-electron chi connectivity index (χ1n) is 10.4. The molecule has 6 nitrogen and oxygen atoms in total. The van der Waals surface area contributed by atoms with Gasteiger partial charge in [0.1, 0.15) is 16.5 Å². The third-order valence-corrected chi connectivity index (χ3v) is 7.75. The summed E-state index contributed by atoms with van der Waals surface area (Å²) >= 11 is 3.59. The zero-order valence-electron chi connectivity index (χ0n) is 17.1. The lowest BCUT2D eigenvalue weighted by Gasteiger charge is -2.26. The zero-order chi connectivity index (χ0) is 19.8. The molecule has 0 N–H and O–H groups in total. The van der Waals surface area contributed by atoms with Gasteiger partial charge >= 0.3 is 0 Å². The Morgan fingerprint density at radius 2 is 1.97 bits per heavy atom. The van der Waals surface area contributed by atoms with Crippen molar-refractivity contribution in [1.29, 1.82) is 0 Å². The van der Waals surface area contributed by atoms with E-state index in [0.29, 0.717) is 0 Å². The van der Waals surface area contributed by atoms with E-state index in [1.54, 1.807) is 11.3 Å². The normalized spacial score (nSPS) is 17.6. The molecule has 1 fully saturated rings. The minimum atomic E-state index is 0.776. The van der Waals surface area contributed by atoms with Crippen LogP contribution in [0.3, 0.4) is 0 Å². The Bertz CT molecular complexity index is 1010. The number of thiazole rings is 1. The summed E-state index contributed by atoms with van der Waals surface area (Å²) in [6.45, 7) is 7.12. The van der Waals surface area contributed by atoms with Crippen LogP contribution in [0.1, 0.15) is 39.8 Å². The molecule has 0 aromatic carbocycles. The molecule has 0 radical (unpaired) electrons. The number of nitrogens with zero attached hydrogens (tertiary/aromatic N) is 5. The number of morpholine rings is 1. The second-order valence-electron chi connectivity index (χ2n) is 7.96. The number of hydrogen-bond donors (Lipinski definition) is 0. The summed E-state index contributed by atoms with van der Waals surface area (Å²) < 4.78 is 5.50. The van der Waals surface area contributed by atoms with Gasteiger partial charge in [-0.05, 0) is 38.2 Å². The van der Waals surface area contributed by atoms with Crippen molar-refractivity contribution in [3.8, 4) is 0 Å². The fourth-order valence-corrected chi connectivity index (χ4v) is 6.16. The zero-order valence-corrected chi connectivity index (χ0v) is 18.7. The van der Waals surface area contributed by atoms with Gasteiger partial charge in [-0.1, -0.05) is 0 Å². The predicted octanol–water partition coefficient (Wildman–Crippen LogP) is 3.80. The molecule has 2 aliphatic rings. The molecule has 1 aliphatic heterocycles. The van der Waals surface area contributed by atoms with Gasteiger partial charge in [0.2, 0.25) is 0 Å². The minimum absolute atomic E-state index is 0.776. The van der Waals surface area contributed by atoms with E-state index in [1.807, 2.05) is 11.3 Å². The average Bonchev–Trinajstić information content (AvgIpc) is 3.30. The van der Waals surface area contributed by atoms with Crippen LogP contribution in [0.25, 0.3) is 10.2 Å². The third-order valence-electron chi connectivity index (χ3n) is 5.74. The van der Waals surface area contributed by atoms with E-state index in [-0.39, 0.29) is 0 Å². The van der Waals surface area contributed by atoms with E-state index in [4.69, 9.17) is 14.7 Å². The van der Waals surface area contributed by atoms with Crippen LogP contribution in [0.15, 0.2) is 5.38 Å². The highest BCUT2D eigenvalue weighted by molar-refractivity contribution is 7.19. The van der Waals surface area contributed by atoms with Crippen LogP contribution < -0.4 is 4.90 Å². The van der Waals surface area contributed by atoms with Crippen LogP contribution in [0.4, 0.5) is 5.82 Å². The van der Waals surface area contributed by atoms with Gasteiger partial charge in [0.05, 0.1) is 42.4 Å². The second-order valence-corrected chi connectivity index (χ2v) is 10.1. The minimum Gasteiger partial charge on any atom is -0.379 e. The summed E-state index contributed by atoms with van der Waals surface area (Å²) in [6, 6.07) is 0. The molecule has 1 aliphatic carbocycles. The fraction of sp³-hybridized carbons (Fsp3) is 0.571. The molecule has 4 heterocycles. The Hall–Kier alpha value is -1.61. The maximum absolute atomic E-state index is 5.50. The summed E-state index contributed by atoms with van der Waals surface area (Å²) in [5, 5.41) is 4.55. The van der Waals surface area contributed by atoms with Crippen molar-refractivity contribution in [2.24, 2.45) is 0 Å². The van der Waals surface area contributed by atoms with Crippen LogP contribution in [0, 0.1) is 6.92 Å². The molecule has 0 saturated carbocycles. The standard InChI is InChI=1S/C21H27N5OS2/c1-14-22-15(13-28-14)11-25(2)20-19-16-5-3-4-6-17(16)29-21(19)24-18(23-20)12-26-7-9-27-10-8-26/h13H,3-12H2,1-2H3. The Morgan fingerprint density at radius 3 is 2.76 bits per heavy atom. The first kappa shape index (κ1) is 19.4. The van der Waals surface area contributed by atoms with Crippen LogP contribution in [0.2, 0.25) is 0 Å². The molecule has 0 unspecified atom stereocenters. The maximum atomic E-state index is 5.50. The molecular weight excluding hydrogens is 402 g/mol. The molecule has 5 rings (SSSR count). The van der Waals surface area contributed by atoms with Gasteiger partial charge in [0, 0.05) is 30.4 Å². The largest absolute Gasteiger partial charge is 0.379 e. The second kappa shape index (κ2) is 8.26.